The van der Waals surface area contributed by atoms with Crippen LogP contribution in [0, 0.1) is 0 Å². The van der Waals surface area contributed by atoms with Gasteiger partial charge in [-0.05, 0) is 42.8 Å². The van der Waals surface area contributed by atoms with Gasteiger partial charge >= 0.3 is 0 Å². The molecule has 25 heavy (non-hydrogen) atoms. The zero-order valence-corrected chi connectivity index (χ0v) is 14.4. The van der Waals surface area contributed by atoms with Crippen molar-refractivity contribution in [2.75, 3.05) is 5.32 Å². The van der Waals surface area contributed by atoms with Crippen LogP contribution >= 0.6 is 11.3 Å². The van der Waals surface area contributed by atoms with Crippen molar-refractivity contribution in [3.63, 3.8) is 0 Å². The molecule has 5 nitrogen and oxygen atoms in total. The maximum Gasteiger partial charge on any atom is 0.169 e. The van der Waals surface area contributed by atoms with Crippen molar-refractivity contribution >= 4 is 34.0 Å². The topological polar surface area (TPSA) is 70.7 Å². The van der Waals surface area contributed by atoms with Crippen LogP contribution in [0.1, 0.15) is 22.2 Å². The second-order valence-corrected chi connectivity index (χ2v) is 6.81. The summed E-state index contributed by atoms with van der Waals surface area (Å²) in [6.45, 7) is 2.24. The Balaban J connectivity index is 1.70. The summed E-state index contributed by atoms with van der Waals surface area (Å²) in [6.07, 6.45) is 5.47. The van der Waals surface area contributed by atoms with Crippen molar-refractivity contribution < 1.29 is 4.79 Å². The lowest BCUT2D eigenvalue weighted by molar-refractivity contribution is 0.102. The summed E-state index contributed by atoms with van der Waals surface area (Å²) >= 11 is 1.51. The molecule has 0 spiro atoms. The molecule has 0 saturated carbocycles. The fourth-order valence-corrected chi connectivity index (χ4v) is 3.63. The van der Waals surface area contributed by atoms with Gasteiger partial charge in [0.05, 0.1) is 4.88 Å². The van der Waals surface area contributed by atoms with Crippen LogP contribution in [0.2, 0.25) is 0 Å². The molecule has 4 aromatic rings. The van der Waals surface area contributed by atoms with E-state index >= 15 is 0 Å². The number of aromatic amines is 1. The number of carbonyl (C=O) groups is 1. The lowest BCUT2D eigenvalue weighted by Crippen LogP contribution is -2.02. The second-order valence-electron chi connectivity index (χ2n) is 5.73. The first-order chi connectivity index (χ1) is 12.2. The van der Waals surface area contributed by atoms with Gasteiger partial charge in [-0.1, -0.05) is 6.07 Å². The molecule has 124 valence electrons. The van der Waals surface area contributed by atoms with Crippen molar-refractivity contribution in [2.24, 2.45) is 0 Å². The molecule has 0 radical (unpaired) electrons. The number of hydrogen-bond acceptors (Lipinski definition) is 5. The molecular formula is C19H16N4OS. The molecule has 0 aliphatic rings. The number of anilines is 1. The minimum absolute atomic E-state index is 0.0885. The maximum atomic E-state index is 11.6. The van der Waals surface area contributed by atoms with Crippen LogP contribution in [0.5, 0.6) is 0 Å². The number of pyridine rings is 2. The average Bonchev–Trinajstić information content (AvgIpc) is 3.29. The summed E-state index contributed by atoms with van der Waals surface area (Å²) in [7, 11) is 0. The van der Waals surface area contributed by atoms with Gasteiger partial charge in [0.25, 0.3) is 0 Å². The van der Waals surface area contributed by atoms with Gasteiger partial charge in [-0.3, -0.25) is 9.78 Å². The van der Waals surface area contributed by atoms with E-state index in [0.717, 1.165) is 37.7 Å². The molecule has 4 heterocycles. The highest BCUT2D eigenvalue weighted by atomic mass is 32.1. The molecule has 2 N–H and O–H groups in total. The van der Waals surface area contributed by atoms with E-state index in [1.165, 1.54) is 11.3 Å². The fraction of sp³-hybridized carbons (Fsp3) is 0.105. The molecule has 0 atom stereocenters. The number of ketones is 1. The van der Waals surface area contributed by atoms with Gasteiger partial charge in [0, 0.05) is 41.0 Å². The number of nitrogens with one attached hydrogen (secondary N) is 2. The van der Waals surface area contributed by atoms with Crippen molar-refractivity contribution in [1.82, 2.24) is 15.0 Å². The molecule has 0 aromatic carbocycles. The summed E-state index contributed by atoms with van der Waals surface area (Å²) in [5.74, 6) is 0.872. The van der Waals surface area contributed by atoms with Crippen molar-refractivity contribution in [1.29, 1.82) is 0 Å². The molecule has 0 bridgehead atoms. The molecule has 0 unspecified atom stereocenters. The van der Waals surface area contributed by atoms with Crippen LogP contribution < -0.4 is 5.32 Å². The number of thiophene rings is 1. The molecule has 6 heteroatoms. The highest BCUT2D eigenvalue weighted by Gasteiger charge is 2.12. The number of fused-ring (bicyclic) bond motifs is 1. The van der Waals surface area contributed by atoms with Crippen molar-refractivity contribution in [2.45, 2.75) is 13.5 Å². The van der Waals surface area contributed by atoms with Crippen LogP contribution in [-0.2, 0) is 6.54 Å². The van der Waals surface area contributed by atoms with Gasteiger partial charge in [-0.2, -0.15) is 0 Å². The maximum absolute atomic E-state index is 11.6. The Morgan fingerprint density at radius 3 is 2.96 bits per heavy atom. The monoisotopic (exact) mass is 348 g/mol. The van der Waals surface area contributed by atoms with E-state index in [2.05, 4.69) is 20.3 Å². The second kappa shape index (κ2) is 6.49. The number of aromatic nitrogens is 3. The van der Waals surface area contributed by atoms with E-state index in [0.29, 0.717) is 6.54 Å². The third-order valence-corrected chi connectivity index (χ3v) is 5.16. The SMILES string of the molecule is CC(=O)c1ccc(-c2cc(NCc3cccnc3)nc3[nH]ccc23)s1. The fourth-order valence-electron chi connectivity index (χ4n) is 2.70. The quantitative estimate of drug-likeness (QED) is 0.521. The van der Waals surface area contributed by atoms with Crippen LogP contribution in [0.25, 0.3) is 21.5 Å². The minimum Gasteiger partial charge on any atom is -0.366 e. The molecule has 4 aromatic heterocycles. The minimum atomic E-state index is 0.0885. The number of hydrogen-bond donors (Lipinski definition) is 2. The lowest BCUT2D eigenvalue weighted by atomic mass is 10.1. The molecule has 0 saturated heterocycles. The Morgan fingerprint density at radius 1 is 1.28 bits per heavy atom. The number of carbonyl (C=O) groups excluding carboxylic acids is 1. The van der Waals surface area contributed by atoms with Gasteiger partial charge in [-0.15, -0.1) is 11.3 Å². The first-order valence-electron chi connectivity index (χ1n) is 7.93. The number of H-pyrrole nitrogens is 1. The van der Waals surface area contributed by atoms with E-state index in [-0.39, 0.29) is 5.78 Å². The number of nitrogens with zero attached hydrogens (tertiary/aromatic N) is 2. The van der Waals surface area contributed by atoms with Crippen molar-refractivity contribution in [3.05, 3.63) is 65.4 Å². The Bertz CT molecular complexity index is 1040. The van der Waals surface area contributed by atoms with E-state index in [1.54, 1.807) is 13.1 Å². The summed E-state index contributed by atoms with van der Waals surface area (Å²) in [5.41, 5.74) is 2.98. The first-order valence-corrected chi connectivity index (χ1v) is 8.74. The predicted molar refractivity (Wildman–Crippen MR) is 101 cm³/mol. The summed E-state index contributed by atoms with van der Waals surface area (Å²) < 4.78 is 0. The Labute approximate surface area is 148 Å². The first kappa shape index (κ1) is 15.5. The smallest absolute Gasteiger partial charge is 0.169 e. The summed E-state index contributed by atoms with van der Waals surface area (Å²) in [6, 6.07) is 11.8. The predicted octanol–water partition coefficient (Wildman–Crippen LogP) is 4.50. The van der Waals surface area contributed by atoms with Gasteiger partial charge in [0.1, 0.15) is 11.5 Å². The highest BCUT2D eigenvalue weighted by molar-refractivity contribution is 7.17. The number of rotatable bonds is 5. The third-order valence-electron chi connectivity index (χ3n) is 3.94. The van der Waals surface area contributed by atoms with Crippen LogP contribution in [0.4, 0.5) is 5.82 Å². The molecule has 4 rings (SSSR count). The zero-order valence-electron chi connectivity index (χ0n) is 13.6. The van der Waals surface area contributed by atoms with E-state index in [9.17, 15) is 4.79 Å². The Morgan fingerprint density at radius 2 is 2.20 bits per heavy atom. The van der Waals surface area contributed by atoms with Crippen LogP contribution in [-0.4, -0.2) is 20.7 Å². The molecule has 0 fully saturated rings. The Hall–Kier alpha value is -2.99. The van der Waals surface area contributed by atoms with Crippen molar-refractivity contribution in [3.8, 4) is 10.4 Å². The van der Waals surface area contributed by atoms with E-state index in [1.807, 2.05) is 48.8 Å². The van der Waals surface area contributed by atoms with E-state index < -0.39 is 0 Å². The molecule has 0 aliphatic carbocycles. The van der Waals surface area contributed by atoms with Gasteiger partial charge in [0.15, 0.2) is 5.78 Å². The highest BCUT2D eigenvalue weighted by Crippen LogP contribution is 2.34. The standard InChI is InChI=1S/C19H16N4OS/c1-12(24)16-4-5-17(25-16)15-9-18(23-19-14(15)6-8-21-19)22-11-13-3-2-7-20-10-13/h2-10H,11H2,1H3,(H2,21,22,23). The molecular weight excluding hydrogens is 332 g/mol. The Kier molecular flexibility index (Phi) is 4.03. The van der Waals surface area contributed by atoms with Gasteiger partial charge in [-0.25, -0.2) is 4.98 Å². The normalized spacial score (nSPS) is 10.9. The van der Waals surface area contributed by atoms with Crippen LogP contribution in [0.3, 0.4) is 0 Å². The van der Waals surface area contributed by atoms with Gasteiger partial charge in [0.2, 0.25) is 0 Å². The average molecular weight is 348 g/mol. The lowest BCUT2D eigenvalue weighted by Gasteiger charge is -2.08. The van der Waals surface area contributed by atoms with Gasteiger partial charge < -0.3 is 10.3 Å². The number of Topliss-reactive ketones (excluding diaryl/α,β-unsaturated/α-hetero) is 1. The van der Waals surface area contributed by atoms with E-state index in [4.69, 9.17) is 0 Å². The summed E-state index contributed by atoms with van der Waals surface area (Å²) in [5, 5.41) is 4.39. The third kappa shape index (κ3) is 3.16. The molecule has 0 amide bonds. The molecule has 0 aliphatic heterocycles. The zero-order chi connectivity index (χ0) is 17.2. The largest absolute Gasteiger partial charge is 0.366 e. The van der Waals surface area contributed by atoms with Crippen LogP contribution in [0.15, 0.2) is 55.0 Å². The summed E-state index contributed by atoms with van der Waals surface area (Å²) in [4.78, 5) is 25.4.